The fraction of sp³-hybridized carbons (Fsp3) is 0.600. The van der Waals surface area contributed by atoms with Gasteiger partial charge in [-0.2, -0.15) is 0 Å². The molecular formula is C15H22N2O2S. The molecule has 3 rings (SSSR count). The van der Waals surface area contributed by atoms with Gasteiger partial charge in [0.25, 0.3) is 0 Å². The summed E-state index contributed by atoms with van der Waals surface area (Å²) < 4.78 is 28.1. The van der Waals surface area contributed by atoms with Crippen LogP contribution in [0.5, 0.6) is 0 Å². The third kappa shape index (κ3) is 2.75. The molecule has 2 aliphatic rings. The van der Waals surface area contributed by atoms with E-state index < -0.39 is 10.0 Å². The second-order valence-corrected chi connectivity index (χ2v) is 7.57. The molecule has 0 radical (unpaired) electrons. The molecule has 2 fully saturated rings. The molecule has 20 heavy (non-hydrogen) atoms. The average molecular weight is 294 g/mol. The van der Waals surface area contributed by atoms with E-state index in [2.05, 4.69) is 10.0 Å². The van der Waals surface area contributed by atoms with Crippen molar-refractivity contribution in [3.8, 4) is 0 Å². The molecular weight excluding hydrogens is 272 g/mol. The van der Waals surface area contributed by atoms with Crippen molar-refractivity contribution in [2.75, 3.05) is 0 Å². The van der Waals surface area contributed by atoms with E-state index in [0.717, 1.165) is 24.8 Å². The van der Waals surface area contributed by atoms with Crippen LogP contribution in [0.15, 0.2) is 29.2 Å². The Kier molecular flexibility index (Phi) is 3.84. The molecule has 1 aromatic rings. The molecule has 2 unspecified atom stereocenters. The van der Waals surface area contributed by atoms with Crippen LogP contribution in [-0.4, -0.2) is 26.5 Å². The predicted molar refractivity (Wildman–Crippen MR) is 79.1 cm³/mol. The minimum atomic E-state index is -3.40. The van der Waals surface area contributed by atoms with Crippen molar-refractivity contribution in [1.82, 2.24) is 10.0 Å². The molecule has 4 nitrogen and oxygen atoms in total. The highest BCUT2D eigenvalue weighted by Gasteiger charge is 2.35. The smallest absolute Gasteiger partial charge is 0.241 e. The Balaban J connectivity index is 1.78. The average Bonchev–Trinajstić information content (AvgIpc) is 2.77. The molecule has 0 saturated carbocycles. The number of benzene rings is 1. The molecule has 0 amide bonds. The summed E-state index contributed by atoms with van der Waals surface area (Å²) in [7, 11) is -3.40. The highest BCUT2D eigenvalue weighted by Crippen LogP contribution is 2.28. The van der Waals surface area contributed by atoms with Crippen LogP contribution >= 0.6 is 0 Å². The van der Waals surface area contributed by atoms with Gasteiger partial charge in [-0.25, -0.2) is 13.1 Å². The van der Waals surface area contributed by atoms with Gasteiger partial charge in [-0.05, 0) is 43.7 Å². The van der Waals surface area contributed by atoms with Crippen LogP contribution in [0.25, 0.3) is 0 Å². The maximum Gasteiger partial charge on any atom is 0.241 e. The lowest BCUT2D eigenvalue weighted by Crippen LogP contribution is -2.48. The summed E-state index contributed by atoms with van der Waals surface area (Å²) in [6, 6.07) is 8.33. The molecule has 2 N–H and O–H groups in total. The highest BCUT2D eigenvalue weighted by atomic mass is 32.2. The normalized spacial score (nSPS) is 29.6. The van der Waals surface area contributed by atoms with Crippen LogP contribution in [0, 0.1) is 0 Å². The zero-order valence-electron chi connectivity index (χ0n) is 11.8. The van der Waals surface area contributed by atoms with E-state index in [1.54, 1.807) is 12.1 Å². The number of aryl methyl sites for hydroxylation is 1. The minimum absolute atomic E-state index is 0.0728. The topological polar surface area (TPSA) is 58.2 Å². The van der Waals surface area contributed by atoms with Gasteiger partial charge in [-0.15, -0.1) is 0 Å². The van der Waals surface area contributed by atoms with Crippen LogP contribution in [0.3, 0.4) is 0 Å². The van der Waals surface area contributed by atoms with Crippen molar-refractivity contribution >= 4 is 10.0 Å². The van der Waals surface area contributed by atoms with Crippen molar-refractivity contribution in [2.45, 2.75) is 62.0 Å². The van der Waals surface area contributed by atoms with E-state index in [1.165, 1.54) is 12.8 Å². The summed E-state index contributed by atoms with van der Waals surface area (Å²) in [5.74, 6) is 0. The molecule has 1 aromatic carbocycles. The fourth-order valence-electron chi connectivity index (χ4n) is 3.49. The zero-order chi connectivity index (χ0) is 14.2. The molecule has 0 aromatic heterocycles. The number of nitrogens with one attached hydrogen (secondary N) is 2. The lowest BCUT2D eigenvalue weighted by atomic mass is 10.0. The van der Waals surface area contributed by atoms with Crippen molar-refractivity contribution in [3.05, 3.63) is 29.8 Å². The van der Waals surface area contributed by atoms with Crippen LogP contribution in [0.4, 0.5) is 0 Å². The van der Waals surface area contributed by atoms with Gasteiger partial charge in [0, 0.05) is 18.1 Å². The molecule has 5 heteroatoms. The van der Waals surface area contributed by atoms with Crippen LogP contribution < -0.4 is 10.0 Å². The highest BCUT2D eigenvalue weighted by molar-refractivity contribution is 7.89. The van der Waals surface area contributed by atoms with Gasteiger partial charge in [-0.3, -0.25) is 0 Å². The van der Waals surface area contributed by atoms with Crippen molar-refractivity contribution in [3.63, 3.8) is 0 Å². The first-order valence-corrected chi connectivity index (χ1v) is 8.93. The molecule has 2 bridgehead atoms. The third-order valence-electron chi connectivity index (χ3n) is 4.44. The van der Waals surface area contributed by atoms with E-state index >= 15 is 0 Å². The third-order valence-corrected chi connectivity index (χ3v) is 6.06. The van der Waals surface area contributed by atoms with Gasteiger partial charge < -0.3 is 5.32 Å². The number of piperidine rings is 1. The first-order valence-electron chi connectivity index (χ1n) is 7.45. The maximum absolute atomic E-state index is 12.6. The van der Waals surface area contributed by atoms with Gasteiger partial charge in [0.15, 0.2) is 0 Å². The van der Waals surface area contributed by atoms with Crippen LogP contribution in [0.2, 0.25) is 0 Å². The quantitative estimate of drug-likeness (QED) is 0.890. The van der Waals surface area contributed by atoms with Crippen molar-refractivity contribution in [2.24, 2.45) is 0 Å². The summed E-state index contributed by atoms with van der Waals surface area (Å²) in [4.78, 5) is 0.438. The first kappa shape index (κ1) is 14.0. The second-order valence-electron chi connectivity index (χ2n) is 5.89. The number of hydrogen-bond donors (Lipinski definition) is 2. The maximum atomic E-state index is 12.6. The van der Waals surface area contributed by atoms with Gasteiger partial charge >= 0.3 is 0 Å². The van der Waals surface area contributed by atoms with Gasteiger partial charge in [0.05, 0.1) is 4.90 Å². The largest absolute Gasteiger partial charge is 0.311 e. The van der Waals surface area contributed by atoms with Gasteiger partial charge in [0.2, 0.25) is 10.0 Å². The Hall–Kier alpha value is -0.910. The SMILES string of the molecule is CCc1ccccc1S(=O)(=O)NC1CC2CCC(C1)N2. The van der Waals surface area contributed by atoms with Crippen molar-refractivity contribution in [1.29, 1.82) is 0 Å². The summed E-state index contributed by atoms with van der Waals surface area (Å²) in [6.45, 7) is 1.99. The number of rotatable bonds is 4. The Bertz CT molecular complexity index is 573. The number of fused-ring (bicyclic) bond motifs is 2. The Labute approximate surface area is 121 Å². The van der Waals surface area contributed by atoms with E-state index in [0.29, 0.717) is 17.0 Å². The summed E-state index contributed by atoms with van der Waals surface area (Å²) in [6.07, 6.45) is 4.89. The number of sulfonamides is 1. The number of hydrogen-bond acceptors (Lipinski definition) is 3. The standard InChI is InChI=1S/C15H22N2O2S/c1-2-11-5-3-4-6-15(11)20(18,19)17-14-9-12-7-8-13(10-14)16-12/h3-6,12-14,16-17H,2,7-10H2,1H3. The summed E-state index contributed by atoms with van der Waals surface area (Å²) in [5.41, 5.74) is 0.886. The Morgan fingerprint density at radius 3 is 2.50 bits per heavy atom. The minimum Gasteiger partial charge on any atom is -0.311 e. The molecule has 0 aliphatic carbocycles. The van der Waals surface area contributed by atoms with E-state index in [1.807, 2.05) is 19.1 Å². The first-order chi connectivity index (χ1) is 9.58. The molecule has 2 saturated heterocycles. The van der Waals surface area contributed by atoms with E-state index in [4.69, 9.17) is 0 Å². The van der Waals surface area contributed by atoms with Crippen LogP contribution in [0.1, 0.15) is 38.2 Å². The molecule has 0 spiro atoms. The Morgan fingerprint density at radius 1 is 1.20 bits per heavy atom. The monoisotopic (exact) mass is 294 g/mol. The van der Waals surface area contributed by atoms with E-state index in [-0.39, 0.29) is 6.04 Å². The van der Waals surface area contributed by atoms with Gasteiger partial charge in [-0.1, -0.05) is 25.1 Å². The van der Waals surface area contributed by atoms with Crippen molar-refractivity contribution < 1.29 is 8.42 Å². The lowest BCUT2D eigenvalue weighted by molar-refractivity contribution is 0.345. The second kappa shape index (κ2) is 5.47. The molecule has 2 atom stereocenters. The lowest BCUT2D eigenvalue weighted by Gasteiger charge is -2.29. The molecule has 110 valence electrons. The Morgan fingerprint density at radius 2 is 1.85 bits per heavy atom. The predicted octanol–water partition coefficient (Wildman–Crippen LogP) is 1.81. The zero-order valence-corrected chi connectivity index (χ0v) is 12.6. The van der Waals surface area contributed by atoms with Crippen LogP contribution in [-0.2, 0) is 16.4 Å². The summed E-state index contributed by atoms with van der Waals surface area (Å²) in [5, 5.41) is 3.53. The van der Waals surface area contributed by atoms with E-state index in [9.17, 15) is 8.42 Å². The fourth-order valence-corrected chi connectivity index (χ4v) is 5.07. The van der Waals surface area contributed by atoms with Gasteiger partial charge in [0.1, 0.15) is 0 Å². The molecule has 2 heterocycles. The summed E-state index contributed by atoms with van der Waals surface area (Å²) >= 11 is 0. The molecule has 2 aliphatic heterocycles.